The summed E-state index contributed by atoms with van der Waals surface area (Å²) in [4.78, 5) is 4.30. The SMILES string of the molecule is c1coc(C2=NCCC2)c1. The zero-order chi connectivity index (χ0) is 6.81. The summed E-state index contributed by atoms with van der Waals surface area (Å²) in [5.74, 6) is 0.942. The zero-order valence-electron chi connectivity index (χ0n) is 5.71. The summed E-state index contributed by atoms with van der Waals surface area (Å²) in [5.41, 5.74) is 1.13. The number of furan rings is 1. The van der Waals surface area contributed by atoms with Gasteiger partial charge in [0.25, 0.3) is 0 Å². The predicted octanol–water partition coefficient (Wildman–Crippen LogP) is 1.86. The first-order valence-electron chi connectivity index (χ1n) is 3.54. The minimum absolute atomic E-state index is 0.942. The molecule has 2 heteroatoms. The van der Waals surface area contributed by atoms with Gasteiger partial charge in [-0.05, 0) is 25.0 Å². The largest absolute Gasteiger partial charge is 0.463 e. The molecule has 52 valence electrons. The van der Waals surface area contributed by atoms with Crippen LogP contribution in [0.5, 0.6) is 0 Å². The van der Waals surface area contributed by atoms with Crippen molar-refractivity contribution in [1.82, 2.24) is 0 Å². The Labute approximate surface area is 59.6 Å². The van der Waals surface area contributed by atoms with E-state index in [0.29, 0.717) is 0 Å². The topological polar surface area (TPSA) is 25.5 Å². The molecule has 0 atom stereocenters. The molecule has 0 unspecified atom stereocenters. The Morgan fingerprint density at radius 2 is 2.50 bits per heavy atom. The summed E-state index contributed by atoms with van der Waals surface area (Å²) in [6.45, 7) is 0.968. The van der Waals surface area contributed by atoms with Crippen molar-refractivity contribution in [2.45, 2.75) is 12.8 Å². The quantitative estimate of drug-likeness (QED) is 0.577. The third kappa shape index (κ3) is 0.856. The van der Waals surface area contributed by atoms with E-state index in [1.165, 1.54) is 6.42 Å². The molecule has 0 aliphatic carbocycles. The van der Waals surface area contributed by atoms with Gasteiger partial charge in [0.05, 0.1) is 12.0 Å². The third-order valence-electron chi connectivity index (χ3n) is 1.68. The van der Waals surface area contributed by atoms with Gasteiger partial charge in [-0.3, -0.25) is 4.99 Å². The molecule has 2 heterocycles. The standard InChI is InChI=1S/C8H9NO/c1-3-7(9-5-1)8-4-2-6-10-8/h2,4,6H,1,3,5H2. The molecule has 0 radical (unpaired) electrons. The van der Waals surface area contributed by atoms with Crippen LogP contribution in [0.1, 0.15) is 18.6 Å². The third-order valence-corrected chi connectivity index (χ3v) is 1.68. The van der Waals surface area contributed by atoms with Gasteiger partial charge in [-0.15, -0.1) is 0 Å². The summed E-state index contributed by atoms with van der Waals surface area (Å²) < 4.78 is 5.19. The highest BCUT2D eigenvalue weighted by Crippen LogP contribution is 2.12. The second-order valence-electron chi connectivity index (χ2n) is 2.41. The van der Waals surface area contributed by atoms with Gasteiger partial charge in [0.1, 0.15) is 5.76 Å². The fourth-order valence-corrected chi connectivity index (χ4v) is 1.18. The highest BCUT2D eigenvalue weighted by atomic mass is 16.3. The molecule has 1 aliphatic heterocycles. The van der Waals surface area contributed by atoms with Crippen LogP contribution in [0.25, 0.3) is 0 Å². The van der Waals surface area contributed by atoms with Crippen LogP contribution in [0.2, 0.25) is 0 Å². The van der Waals surface area contributed by atoms with Gasteiger partial charge >= 0.3 is 0 Å². The fraction of sp³-hybridized carbons (Fsp3) is 0.375. The first-order valence-corrected chi connectivity index (χ1v) is 3.54. The minimum atomic E-state index is 0.942. The van der Waals surface area contributed by atoms with Gasteiger partial charge in [0, 0.05) is 6.54 Å². The molecule has 0 saturated carbocycles. The fourth-order valence-electron chi connectivity index (χ4n) is 1.18. The molecule has 0 spiro atoms. The van der Waals surface area contributed by atoms with E-state index in [9.17, 15) is 0 Å². The lowest BCUT2D eigenvalue weighted by Gasteiger charge is -1.90. The Balaban J connectivity index is 2.28. The lowest BCUT2D eigenvalue weighted by Crippen LogP contribution is -1.91. The van der Waals surface area contributed by atoms with E-state index < -0.39 is 0 Å². The summed E-state index contributed by atoms with van der Waals surface area (Å²) in [6, 6.07) is 3.86. The average molecular weight is 135 g/mol. The van der Waals surface area contributed by atoms with Crippen LogP contribution in [0.3, 0.4) is 0 Å². The lowest BCUT2D eigenvalue weighted by atomic mass is 10.2. The molecular formula is C8H9NO. The Morgan fingerprint density at radius 1 is 1.50 bits per heavy atom. The highest BCUT2D eigenvalue weighted by molar-refractivity contribution is 5.99. The molecule has 0 N–H and O–H groups in total. The second kappa shape index (κ2) is 2.29. The van der Waals surface area contributed by atoms with Crippen LogP contribution in [0.15, 0.2) is 27.8 Å². The van der Waals surface area contributed by atoms with E-state index in [4.69, 9.17) is 4.42 Å². The predicted molar refractivity (Wildman–Crippen MR) is 39.3 cm³/mol. The minimum Gasteiger partial charge on any atom is -0.463 e. The maximum Gasteiger partial charge on any atom is 0.147 e. The zero-order valence-corrected chi connectivity index (χ0v) is 5.71. The highest BCUT2D eigenvalue weighted by Gasteiger charge is 2.09. The molecule has 0 fully saturated rings. The Bertz CT molecular complexity index is 236. The monoisotopic (exact) mass is 135 g/mol. The number of hydrogen-bond acceptors (Lipinski definition) is 2. The molecule has 1 aromatic rings. The van der Waals surface area contributed by atoms with Gasteiger partial charge in [-0.1, -0.05) is 0 Å². The maximum atomic E-state index is 5.19. The molecule has 0 bridgehead atoms. The molecule has 1 aromatic heterocycles. The van der Waals surface area contributed by atoms with Crippen molar-refractivity contribution in [3.63, 3.8) is 0 Å². The van der Waals surface area contributed by atoms with Crippen LogP contribution >= 0.6 is 0 Å². The average Bonchev–Trinajstić information content (AvgIpc) is 2.59. The van der Waals surface area contributed by atoms with Crippen LogP contribution in [-0.4, -0.2) is 12.3 Å². The summed E-state index contributed by atoms with van der Waals surface area (Å²) in [6.07, 6.45) is 3.94. The number of aliphatic imine (C=N–C) groups is 1. The van der Waals surface area contributed by atoms with Crippen molar-refractivity contribution < 1.29 is 4.42 Å². The molecule has 0 amide bonds. The van der Waals surface area contributed by atoms with E-state index in [0.717, 1.165) is 24.4 Å². The number of nitrogens with zero attached hydrogens (tertiary/aromatic N) is 1. The molecule has 10 heavy (non-hydrogen) atoms. The van der Waals surface area contributed by atoms with Crippen molar-refractivity contribution in [1.29, 1.82) is 0 Å². The Morgan fingerprint density at radius 3 is 3.10 bits per heavy atom. The molecule has 0 aromatic carbocycles. The van der Waals surface area contributed by atoms with Gasteiger partial charge in [-0.2, -0.15) is 0 Å². The van der Waals surface area contributed by atoms with E-state index >= 15 is 0 Å². The van der Waals surface area contributed by atoms with Gasteiger partial charge < -0.3 is 4.42 Å². The molecule has 2 nitrogen and oxygen atoms in total. The molecule has 2 rings (SSSR count). The van der Waals surface area contributed by atoms with Crippen LogP contribution < -0.4 is 0 Å². The van der Waals surface area contributed by atoms with Crippen LogP contribution in [-0.2, 0) is 0 Å². The maximum absolute atomic E-state index is 5.19. The Kier molecular flexibility index (Phi) is 1.31. The van der Waals surface area contributed by atoms with Gasteiger partial charge in [0.2, 0.25) is 0 Å². The first-order chi connectivity index (χ1) is 4.97. The number of hydrogen-bond donors (Lipinski definition) is 0. The van der Waals surface area contributed by atoms with E-state index in [-0.39, 0.29) is 0 Å². The molecular weight excluding hydrogens is 126 g/mol. The number of rotatable bonds is 1. The molecule has 0 saturated heterocycles. The normalized spacial score (nSPS) is 17.4. The van der Waals surface area contributed by atoms with E-state index in [1.54, 1.807) is 6.26 Å². The smallest absolute Gasteiger partial charge is 0.147 e. The van der Waals surface area contributed by atoms with Crippen LogP contribution in [0.4, 0.5) is 0 Å². The van der Waals surface area contributed by atoms with Crippen molar-refractivity contribution in [2.75, 3.05) is 6.54 Å². The summed E-state index contributed by atoms with van der Waals surface area (Å²) >= 11 is 0. The lowest BCUT2D eigenvalue weighted by molar-refractivity contribution is 0.556. The second-order valence-corrected chi connectivity index (χ2v) is 2.41. The van der Waals surface area contributed by atoms with Crippen molar-refractivity contribution >= 4 is 5.71 Å². The molecule has 1 aliphatic rings. The van der Waals surface area contributed by atoms with E-state index in [2.05, 4.69) is 4.99 Å². The summed E-state index contributed by atoms with van der Waals surface area (Å²) in [5, 5.41) is 0. The summed E-state index contributed by atoms with van der Waals surface area (Å²) in [7, 11) is 0. The van der Waals surface area contributed by atoms with Gasteiger partial charge in [-0.25, -0.2) is 0 Å². The Hall–Kier alpha value is -1.05. The van der Waals surface area contributed by atoms with E-state index in [1.807, 2.05) is 12.1 Å². The van der Waals surface area contributed by atoms with Crippen molar-refractivity contribution in [3.8, 4) is 0 Å². The van der Waals surface area contributed by atoms with Gasteiger partial charge in [0.15, 0.2) is 0 Å². The van der Waals surface area contributed by atoms with Crippen molar-refractivity contribution in [2.24, 2.45) is 4.99 Å². The van der Waals surface area contributed by atoms with Crippen molar-refractivity contribution in [3.05, 3.63) is 24.2 Å². The van der Waals surface area contributed by atoms with Crippen LogP contribution in [0, 0.1) is 0 Å². The first kappa shape index (κ1) is 5.71.